The van der Waals surface area contributed by atoms with Gasteiger partial charge in [-0.3, -0.25) is 14.5 Å². The molecule has 2 heterocycles. The summed E-state index contributed by atoms with van der Waals surface area (Å²) in [5.74, 6) is 1.34. The van der Waals surface area contributed by atoms with Crippen LogP contribution in [0.25, 0.3) is 22.3 Å². The number of aromatic nitrogens is 4. The molecule has 2 atom stereocenters. The molecule has 1 aliphatic rings. The maximum Gasteiger partial charge on any atom is 0.309 e. The number of fused-ring (bicyclic) bond motifs is 1. The van der Waals surface area contributed by atoms with E-state index in [9.17, 15) is 4.79 Å². The van der Waals surface area contributed by atoms with Crippen molar-refractivity contribution in [2.24, 2.45) is 18.9 Å². The number of nitrogens with zero attached hydrogens (tertiary/aromatic N) is 5. The molecule has 1 unspecified atom stereocenters. The third-order valence-electron chi connectivity index (χ3n) is 6.42. The van der Waals surface area contributed by atoms with Crippen LogP contribution in [0.15, 0.2) is 55.0 Å². The van der Waals surface area contributed by atoms with E-state index in [-0.39, 0.29) is 17.8 Å². The van der Waals surface area contributed by atoms with Crippen LogP contribution in [-0.2, 0) is 16.6 Å². The van der Waals surface area contributed by atoms with Gasteiger partial charge in [-0.25, -0.2) is 4.98 Å². The zero-order valence-electron chi connectivity index (χ0n) is 20.8. The van der Waals surface area contributed by atoms with Crippen molar-refractivity contribution >= 4 is 28.4 Å². The standard InChI is InChI=1S/C27H29N5O4/c1-5-36-27(33)23-8-17(23)16-32(20-9-21(34-3)12-22(10-20)35-4)19-6-7-24-25(11-19)30-26(14-28-24)18-13-29-31(2)15-18/h6-7,9-15,17,23H,5,8,16H2,1-4H3/t17-,23?/m0/s1. The molecule has 0 radical (unpaired) electrons. The lowest BCUT2D eigenvalue weighted by atomic mass is 10.1. The highest BCUT2D eigenvalue weighted by molar-refractivity contribution is 5.83. The van der Waals surface area contributed by atoms with Crippen LogP contribution in [0.4, 0.5) is 11.4 Å². The predicted molar refractivity (Wildman–Crippen MR) is 137 cm³/mol. The number of ether oxygens (including phenoxy) is 3. The Morgan fingerprint density at radius 1 is 1.06 bits per heavy atom. The van der Waals surface area contributed by atoms with Gasteiger partial charge in [0.05, 0.1) is 55.9 Å². The number of anilines is 2. The Balaban J connectivity index is 1.54. The van der Waals surface area contributed by atoms with E-state index >= 15 is 0 Å². The Kier molecular flexibility index (Phi) is 6.45. The number of esters is 1. The summed E-state index contributed by atoms with van der Waals surface area (Å²) in [4.78, 5) is 24.0. The fraction of sp³-hybridized carbons (Fsp3) is 0.333. The summed E-state index contributed by atoms with van der Waals surface area (Å²) in [5.41, 5.74) is 5.06. The molecule has 1 aliphatic carbocycles. The fourth-order valence-corrected chi connectivity index (χ4v) is 4.39. The lowest BCUT2D eigenvalue weighted by Gasteiger charge is -2.26. The molecule has 0 bridgehead atoms. The quantitative estimate of drug-likeness (QED) is 0.321. The minimum atomic E-state index is -0.129. The number of aryl methyl sites for hydroxylation is 1. The van der Waals surface area contributed by atoms with Crippen LogP contribution in [0.2, 0.25) is 0 Å². The molecule has 36 heavy (non-hydrogen) atoms. The molecule has 9 heteroatoms. The molecular formula is C27H29N5O4. The Labute approximate surface area is 209 Å². The average Bonchev–Trinajstić information content (AvgIpc) is 3.55. The first-order valence-electron chi connectivity index (χ1n) is 11.9. The second-order valence-corrected chi connectivity index (χ2v) is 8.87. The van der Waals surface area contributed by atoms with Gasteiger partial charge in [0.25, 0.3) is 0 Å². The van der Waals surface area contributed by atoms with E-state index in [1.807, 2.05) is 56.6 Å². The Hall–Kier alpha value is -4.14. The summed E-state index contributed by atoms with van der Waals surface area (Å²) in [6.07, 6.45) is 6.25. The van der Waals surface area contributed by atoms with Crippen LogP contribution < -0.4 is 14.4 Å². The van der Waals surface area contributed by atoms with Gasteiger partial charge in [0.2, 0.25) is 0 Å². The Bertz CT molecular complexity index is 1380. The van der Waals surface area contributed by atoms with Gasteiger partial charge in [-0.15, -0.1) is 0 Å². The van der Waals surface area contributed by atoms with E-state index in [0.29, 0.717) is 24.7 Å². The van der Waals surface area contributed by atoms with Gasteiger partial charge in [0, 0.05) is 54.9 Å². The Morgan fingerprint density at radius 2 is 1.83 bits per heavy atom. The number of rotatable bonds is 9. The van der Waals surface area contributed by atoms with E-state index in [0.717, 1.165) is 40.1 Å². The lowest BCUT2D eigenvalue weighted by Crippen LogP contribution is -2.22. The van der Waals surface area contributed by atoms with Crippen LogP contribution in [0.1, 0.15) is 13.3 Å². The van der Waals surface area contributed by atoms with Crippen molar-refractivity contribution in [3.63, 3.8) is 0 Å². The Morgan fingerprint density at radius 3 is 2.50 bits per heavy atom. The van der Waals surface area contributed by atoms with Gasteiger partial charge in [0.15, 0.2) is 0 Å². The molecule has 5 rings (SSSR count). The SMILES string of the molecule is CCOC(=O)C1C[C@H]1CN(c1cc(OC)cc(OC)c1)c1ccc2ncc(-c3cnn(C)c3)nc2c1. The lowest BCUT2D eigenvalue weighted by molar-refractivity contribution is -0.145. The number of hydrogen-bond acceptors (Lipinski definition) is 8. The summed E-state index contributed by atoms with van der Waals surface area (Å²) in [5, 5.41) is 4.24. The number of hydrogen-bond donors (Lipinski definition) is 0. The highest BCUT2D eigenvalue weighted by Gasteiger charge is 2.45. The van der Waals surface area contributed by atoms with E-state index < -0.39 is 0 Å². The van der Waals surface area contributed by atoms with Crippen LogP contribution in [0.5, 0.6) is 11.5 Å². The highest BCUT2D eigenvalue weighted by atomic mass is 16.5. The number of carbonyl (C=O) groups is 1. The van der Waals surface area contributed by atoms with Gasteiger partial charge in [-0.2, -0.15) is 5.10 Å². The van der Waals surface area contributed by atoms with E-state index in [1.165, 1.54) is 0 Å². The second-order valence-electron chi connectivity index (χ2n) is 8.87. The predicted octanol–water partition coefficient (Wildman–Crippen LogP) is 4.38. The fourth-order valence-electron chi connectivity index (χ4n) is 4.39. The van der Waals surface area contributed by atoms with E-state index in [1.54, 1.807) is 31.3 Å². The summed E-state index contributed by atoms with van der Waals surface area (Å²) >= 11 is 0. The monoisotopic (exact) mass is 487 g/mol. The van der Waals surface area contributed by atoms with Crippen molar-refractivity contribution in [3.8, 4) is 22.8 Å². The molecule has 0 N–H and O–H groups in total. The van der Waals surface area contributed by atoms with Crippen LogP contribution in [-0.4, -0.2) is 53.1 Å². The van der Waals surface area contributed by atoms with Crippen molar-refractivity contribution in [1.29, 1.82) is 0 Å². The summed E-state index contributed by atoms with van der Waals surface area (Å²) in [6, 6.07) is 11.8. The summed E-state index contributed by atoms with van der Waals surface area (Å²) < 4.78 is 18.0. The maximum atomic E-state index is 12.3. The minimum absolute atomic E-state index is 0.0858. The van der Waals surface area contributed by atoms with Crippen molar-refractivity contribution in [3.05, 3.63) is 55.0 Å². The van der Waals surface area contributed by atoms with Gasteiger partial charge in [0.1, 0.15) is 11.5 Å². The van der Waals surface area contributed by atoms with E-state index in [4.69, 9.17) is 19.2 Å². The molecule has 0 aliphatic heterocycles. The third kappa shape index (κ3) is 4.82. The van der Waals surface area contributed by atoms with Crippen molar-refractivity contribution < 1.29 is 19.0 Å². The smallest absolute Gasteiger partial charge is 0.309 e. The van der Waals surface area contributed by atoms with Crippen molar-refractivity contribution in [2.75, 3.05) is 32.3 Å². The zero-order chi connectivity index (χ0) is 25.2. The third-order valence-corrected chi connectivity index (χ3v) is 6.42. The molecule has 1 saturated carbocycles. The largest absolute Gasteiger partial charge is 0.497 e. The molecule has 1 fully saturated rings. The first-order valence-corrected chi connectivity index (χ1v) is 11.9. The van der Waals surface area contributed by atoms with E-state index in [2.05, 4.69) is 15.0 Å². The van der Waals surface area contributed by atoms with Crippen LogP contribution in [0, 0.1) is 11.8 Å². The van der Waals surface area contributed by atoms with Crippen LogP contribution >= 0.6 is 0 Å². The molecule has 0 saturated heterocycles. The van der Waals surface area contributed by atoms with Gasteiger partial charge in [-0.05, 0) is 37.5 Å². The number of benzene rings is 2. The first-order chi connectivity index (χ1) is 17.5. The van der Waals surface area contributed by atoms with Crippen LogP contribution in [0.3, 0.4) is 0 Å². The maximum absolute atomic E-state index is 12.3. The van der Waals surface area contributed by atoms with Crippen molar-refractivity contribution in [2.45, 2.75) is 13.3 Å². The molecule has 9 nitrogen and oxygen atoms in total. The highest BCUT2D eigenvalue weighted by Crippen LogP contribution is 2.43. The molecule has 4 aromatic rings. The molecule has 2 aromatic carbocycles. The molecule has 0 amide bonds. The van der Waals surface area contributed by atoms with Gasteiger partial charge >= 0.3 is 5.97 Å². The molecule has 186 valence electrons. The first kappa shape index (κ1) is 23.6. The molecule has 2 aromatic heterocycles. The topological polar surface area (TPSA) is 91.6 Å². The number of carbonyl (C=O) groups excluding carboxylic acids is 1. The normalized spacial score (nSPS) is 16.6. The summed E-state index contributed by atoms with van der Waals surface area (Å²) in [7, 11) is 5.14. The summed E-state index contributed by atoms with van der Waals surface area (Å²) in [6.45, 7) is 2.86. The van der Waals surface area contributed by atoms with Gasteiger partial charge in [-0.1, -0.05) is 0 Å². The second kappa shape index (κ2) is 9.85. The van der Waals surface area contributed by atoms with Gasteiger partial charge < -0.3 is 19.1 Å². The molecular weight excluding hydrogens is 458 g/mol. The molecule has 0 spiro atoms. The zero-order valence-corrected chi connectivity index (χ0v) is 20.8. The minimum Gasteiger partial charge on any atom is -0.497 e. The number of methoxy groups -OCH3 is 2. The average molecular weight is 488 g/mol. The van der Waals surface area contributed by atoms with Crippen molar-refractivity contribution in [1.82, 2.24) is 19.7 Å².